The maximum Gasteiger partial charge on any atom is 0.322 e. The highest BCUT2D eigenvalue weighted by Gasteiger charge is 2.32. The number of furan rings is 1. The molecule has 0 radical (unpaired) electrons. The number of carbonyl (C=O) groups is 1. The normalized spacial score (nSPS) is 16.0. The first-order chi connectivity index (χ1) is 13.9. The molecule has 0 atom stereocenters. The fraction of sp³-hybridized carbons (Fsp3) is 0.278. The van der Waals surface area contributed by atoms with Gasteiger partial charge in [-0.2, -0.15) is 4.31 Å². The van der Waals surface area contributed by atoms with Gasteiger partial charge in [-0.05, 0) is 49.2 Å². The Labute approximate surface area is 165 Å². The molecule has 152 valence electrons. The zero-order valence-corrected chi connectivity index (χ0v) is 15.9. The third kappa shape index (κ3) is 4.05. The van der Waals surface area contributed by atoms with E-state index in [1.807, 2.05) is 0 Å². The summed E-state index contributed by atoms with van der Waals surface area (Å²) in [4.78, 5) is 12.5. The molecule has 0 aliphatic carbocycles. The van der Waals surface area contributed by atoms with Crippen LogP contribution in [0, 0.1) is 11.7 Å². The number of nitrogens with one attached hydrogen (secondary N) is 1. The number of piperidine rings is 1. The van der Waals surface area contributed by atoms with E-state index >= 15 is 0 Å². The molecule has 3 aromatic rings. The lowest BCUT2D eigenvalue weighted by molar-refractivity contribution is -0.121. The number of benzene rings is 1. The van der Waals surface area contributed by atoms with E-state index in [0.717, 1.165) is 12.1 Å². The van der Waals surface area contributed by atoms with E-state index in [9.17, 15) is 17.6 Å². The summed E-state index contributed by atoms with van der Waals surface area (Å²) in [5.74, 6) is -0.689. The van der Waals surface area contributed by atoms with Gasteiger partial charge in [0.15, 0.2) is 5.76 Å². The Morgan fingerprint density at radius 3 is 2.52 bits per heavy atom. The minimum Gasteiger partial charge on any atom is -0.459 e. The van der Waals surface area contributed by atoms with E-state index in [1.165, 1.54) is 22.7 Å². The summed E-state index contributed by atoms with van der Waals surface area (Å²) in [5, 5.41) is 10.1. The number of aromatic nitrogens is 2. The van der Waals surface area contributed by atoms with E-state index < -0.39 is 21.8 Å². The summed E-state index contributed by atoms with van der Waals surface area (Å²) in [6.45, 7) is 0.360. The van der Waals surface area contributed by atoms with Crippen LogP contribution in [-0.2, 0) is 14.8 Å². The predicted molar refractivity (Wildman–Crippen MR) is 98.5 cm³/mol. The number of hydrogen-bond acceptors (Lipinski definition) is 7. The number of sulfonamides is 1. The van der Waals surface area contributed by atoms with Crippen molar-refractivity contribution in [1.29, 1.82) is 0 Å². The fourth-order valence-electron chi connectivity index (χ4n) is 3.09. The minimum absolute atomic E-state index is 0.0260. The van der Waals surface area contributed by atoms with Gasteiger partial charge in [0.1, 0.15) is 5.82 Å². The Hall–Kier alpha value is -3.05. The smallest absolute Gasteiger partial charge is 0.322 e. The van der Waals surface area contributed by atoms with Crippen LogP contribution in [0.3, 0.4) is 0 Å². The monoisotopic (exact) mass is 420 g/mol. The van der Waals surface area contributed by atoms with Crippen LogP contribution in [0.15, 0.2) is 56.4 Å². The first-order valence-corrected chi connectivity index (χ1v) is 10.3. The molecule has 3 heterocycles. The molecule has 1 N–H and O–H groups in total. The molecule has 29 heavy (non-hydrogen) atoms. The van der Waals surface area contributed by atoms with Gasteiger partial charge in [0, 0.05) is 19.0 Å². The van der Waals surface area contributed by atoms with Crippen LogP contribution in [0.2, 0.25) is 0 Å². The minimum atomic E-state index is -3.72. The Morgan fingerprint density at radius 2 is 1.86 bits per heavy atom. The quantitative estimate of drug-likeness (QED) is 0.674. The molecule has 0 spiro atoms. The van der Waals surface area contributed by atoms with Crippen molar-refractivity contribution in [3.8, 4) is 11.7 Å². The van der Waals surface area contributed by atoms with Crippen molar-refractivity contribution >= 4 is 21.9 Å². The zero-order chi connectivity index (χ0) is 20.4. The van der Waals surface area contributed by atoms with Gasteiger partial charge in [-0.1, -0.05) is 5.10 Å². The van der Waals surface area contributed by atoms with Crippen LogP contribution in [0.25, 0.3) is 11.7 Å². The summed E-state index contributed by atoms with van der Waals surface area (Å²) in [5.41, 5.74) is 0. The lowest BCUT2D eigenvalue weighted by Gasteiger charge is -2.30. The molecule has 0 unspecified atom stereocenters. The van der Waals surface area contributed by atoms with Gasteiger partial charge in [0.05, 0.1) is 11.2 Å². The molecule has 1 aliphatic heterocycles. The van der Waals surface area contributed by atoms with E-state index in [2.05, 4.69) is 15.5 Å². The van der Waals surface area contributed by atoms with Crippen LogP contribution in [-0.4, -0.2) is 41.9 Å². The highest BCUT2D eigenvalue weighted by molar-refractivity contribution is 7.89. The van der Waals surface area contributed by atoms with Gasteiger partial charge in [0.25, 0.3) is 5.89 Å². The van der Waals surface area contributed by atoms with Crippen molar-refractivity contribution in [1.82, 2.24) is 14.5 Å². The first-order valence-electron chi connectivity index (χ1n) is 8.87. The Morgan fingerprint density at radius 1 is 1.14 bits per heavy atom. The van der Waals surface area contributed by atoms with Crippen LogP contribution in [0.5, 0.6) is 0 Å². The third-order valence-corrected chi connectivity index (χ3v) is 6.58. The van der Waals surface area contributed by atoms with Crippen molar-refractivity contribution in [2.45, 2.75) is 17.7 Å². The molecule has 0 bridgehead atoms. The van der Waals surface area contributed by atoms with Crippen molar-refractivity contribution in [2.75, 3.05) is 18.4 Å². The molecule has 1 amide bonds. The number of amides is 1. The lowest BCUT2D eigenvalue weighted by atomic mass is 9.97. The molecule has 1 aromatic carbocycles. The SMILES string of the molecule is O=C(Nc1nnc(-c2ccco2)o1)C1CCN(S(=O)(=O)c2ccc(F)cc2)CC1. The summed E-state index contributed by atoms with van der Waals surface area (Å²) in [6, 6.07) is 7.94. The van der Waals surface area contributed by atoms with E-state index in [1.54, 1.807) is 12.1 Å². The van der Waals surface area contributed by atoms with Crippen LogP contribution in [0.1, 0.15) is 12.8 Å². The molecular weight excluding hydrogens is 403 g/mol. The second-order valence-corrected chi connectivity index (χ2v) is 8.45. The summed E-state index contributed by atoms with van der Waals surface area (Å²) < 4.78 is 50.1. The first kappa shape index (κ1) is 19.3. The molecule has 9 nitrogen and oxygen atoms in total. The third-order valence-electron chi connectivity index (χ3n) is 4.66. The van der Waals surface area contributed by atoms with Gasteiger partial charge >= 0.3 is 6.01 Å². The van der Waals surface area contributed by atoms with Crippen molar-refractivity contribution in [3.05, 3.63) is 48.5 Å². The Balaban J connectivity index is 1.35. The number of nitrogens with zero attached hydrogens (tertiary/aromatic N) is 3. The number of rotatable bonds is 5. The molecule has 11 heteroatoms. The Kier molecular flexibility index (Phi) is 5.16. The molecule has 1 aliphatic rings. The van der Waals surface area contributed by atoms with Crippen LogP contribution < -0.4 is 5.32 Å². The van der Waals surface area contributed by atoms with E-state index in [0.29, 0.717) is 18.6 Å². The van der Waals surface area contributed by atoms with Gasteiger partial charge in [-0.3, -0.25) is 10.1 Å². The topological polar surface area (TPSA) is 119 Å². The maximum atomic E-state index is 13.0. The van der Waals surface area contributed by atoms with Crippen LogP contribution in [0.4, 0.5) is 10.4 Å². The highest BCUT2D eigenvalue weighted by Crippen LogP contribution is 2.26. The van der Waals surface area contributed by atoms with Gasteiger partial charge in [0.2, 0.25) is 15.9 Å². The van der Waals surface area contributed by atoms with Gasteiger partial charge < -0.3 is 8.83 Å². The number of hydrogen-bond donors (Lipinski definition) is 1. The van der Waals surface area contributed by atoms with Crippen LogP contribution >= 0.6 is 0 Å². The predicted octanol–water partition coefficient (Wildman–Crippen LogP) is 2.51. The highest BCUT2D eigenvalue weighted by atomic mass is 32.2. The molecular formula is C18H17FN4O5S. The average Bonchev–Trinajstić information content (AvgIpc) is 3.40. The van der Waals surface area contributed by atoms with E-state index in [4.69, 9.17) is 8.83 Å². The number of carbonyl (C=O) groups excluding carboxylic acids is 1. The number of halogens is 1. The fourth-order valence-corrected chi connectivity index (χ4v) is 4.56. The summed E-state index contributed by atoms with van der Waals surface area (Å²) in [6.07, 6.45) is 2.14. The van der Waals surface area contributed by atoms with Gasteiger partial charge in [-0.25, -0.2) is 12.8 Å². The second-order valence-electron chi connectivity index (χ2n) is 6.51. The standard InChI is InChI=1S/C18H17FN4O5S/c19-13-3-5-14(6-4-13)29(25,26)23-9-7-12(8-10-23)16(24)20-18-22-21-17(28-18)15-2-1-11-27-15/h1-6,11-12H,7-10H2,(H,20,22,24). The van der Waals surface area contributed by atoms with Crippen molar-refractivity contribution in [3.63, 3.8) is 0 Å². The Bertz CT molecular complexity index is 1090. The van der Waals surface area contributed by atoms with Crippen molar-refractivity contribution < 1.29 is 26.4 Å². The summed E-state index contributed by atoms with van der Waals surface area (Å²) in [7, 11) is -3.72. The molecule has 1 saturated heterocycles. The van der Waals surface area contributed by atoms with Crippen molar-refractivity contribution in [2.24, 2.45) is 5.92 Å². The summed E-state index contributed by atoms with van der Waals surface area (Å²) >= 11 is 0. The zero-order valence-electron chi connectivity index (χ0n) is 15.1. The largest absolute Gasteiger partial charge is 0.459 e. The average molecular weight is 420 g/mol. The molecule has 0 saturated carbocycles. The molecule has 1 fully saturated rings. The number of anilines is 1. The van der Waals surface area contributed by atoms with Gasteiger partial charge in [-0.15, -0.1) is 5.10 Å². The molecule has 2 aromatic heterocycles. The van der Waals surface area contributed by atoms with E-state index in [-0.39, 0.29) is 35.8 Å². The second kappa shape index (κ2) is 7.76. The molecule has 4 rings (SSSR count). The maximum absolute atomic E-state index is 13.0. The lowest BCUT2D eigenvalue weighted by Crippen LogP contribution is -2.41.